The topological polar surface area (TPSA) is 18.5 Å². The van der Waals surface area contributed by atoms with Crippen molar-refractivity contribution in [2.24, 2.45) is 0 Å². The maximum absolute atomic E-state index is 5.89. The SMILES string of the molecule is C=C.C=C.COc1ccc2c3c1CC1=C(C=C[CH]1)Cc1c(OC)ccc4c1C3(CC2)CC4.[CH3-].[CH3-].[CH3-].[Rh+3]. The van der Waals surface area contributed by atoms with Crippen molar-refractivity contribution in [3.05, 3.63) is 136 Å². The molecule has 0 bridgehead atoms. The van der Waals surface area contributed by atoms with Crippen molar-refractivity contribution in [2.75, 3.05) is 14.2 Å². The fourth-order valence-electron chi connectivity index (χ4n) is 6.36. The molecule has 0 amide bonds. The molecule has 6 rings (SSSR count). The Morgan fingerprint density at radius 3 is 1.58 bits per heavy atom. The second kappa shape index (κ2) is 13.8. The molecule has 0 N–H and O–H groups in total. The summed E-state index contributed by atoms with van der Waals surface area (Å²) in [5, 5.41) is 0. The Hall–Kier alpha value is -2.38. The van der Waals surface area contributed by atoms with Gasteiger partial charge in [0.15, 0.2) is 0 Å². The third-order valence-electron chi connectivity index (χ3n) is 7.49. The minimum atomic E-state index is 0. The average Bonchev–Trinajstić information content (AvgIpc) is 3.56. The van der Waals surface area contributed by atoms with E-state index in [1.807, 2.05) is 14.2 Å². The summed E-state index contributed by atoms with van der Waals surface area (Å²) in [5.41, 5.74) is 12.0. The zero-order valence-corrected chi connectivity index (χ0v) is 24.4. The molecule has 1 unspecified atom stereocenters. The summed E-state index contributed by atoms with van der Waals surface area (Å²) in [6.45, 7) is 12.0. The van der Waals surface area contributed by atoms with Crippen molar-refractivity contribution in [1.82, 2.24) is 0 Å². The molecule has 0 aromatic heterocycles. The Labute approximate surface area is 234 Å². The van der Waals surface area contributed by atoms with Crippen LogP contribution in [0.1, 0.15) is 46.2 Å². The number of methoxy groups -OCH3 is 2. The Morgan fingerprint density at radius 2 is 1.14 bits per heavy atom. The standard InChI is InChI=1S/C26H25O2.2C2H4.3CH3.Rh/c1-27-22-8-6-16-10-12-26-13-11-17-7-9-23(28-2)21(25(17)26)15-19-5-3-4-18(19)14-20(22)24(16)26;2*1-2;;;;/h3-9H,10-15H2,1-2H3;2*1-2H2;3*1H3;/q;;;3*-1;+3. The Kier molecular flexibility index (Phi) is 12.9. The first kappa shape index (κ1) is 33.6. The molecular formula is C33H42O2Rh. The van der Waals surface area contributed by atoms with Gasteiger partial charge in [-0.1, -0.05) is 29.9 Å². The number of hydrogen-bond acceptors (Lipinski definition) is 2. The van der Waals surface area contributed by atoms with E-state index in [0.29, 0.717) is 0 Å². The molecule has 0 saturated carbocycles. The molecule has 36 heavy (non-hydrogen) atoms. The third kappa shape index (κ3) is 4.92. The number of hydrogen-bond donors (Lipinski definition) is 0. The number of rotatable bonds is 2. The van der Waals surface area contributed by atoms with Gasteiger partial charge in [-0.05, 0) is 72.1 Å². The van der Waals surface area contributed by atoms with Crippen molar-refractivity contribution < 1.29 is 29.0 Å². The molecule has 4 aliphatic carbocycles. The zero-order valence-electron chi connectivity index (χ0n) is 22.8. The monoisotopic (exact) mass is 573 g/mol. The summed E-state index contributed by atoms with van der Waals surface area (Å²) in [5.74, 6) is 2.10. The molecule has 3 heteroatoms. The van der Waals surface area contributed by atoms with Crippen LogP contribution in [-0.2, 0) is 50.6 Å². The zero-order chi connectivity index (χ0) is 22.9. The summed E-state index contributed by atoms with van der Waals surface area (Å²) in [4.78, 5) is 0. The van der Waals surface area contributed by atoms with Gasteiger partial charge in [-0.2, -0.15) is 0 Å². The first-order valence-electron chi connectivity index (χ1n) is 11.4. The van der Waals surface area contributed by atoms with Gasteiger partial charge < -0.3 is 31.8 Å². The molecule has 2 nitrogen and oxygen atoms in total. The summed E-state index contributed by atoms with van der Waals surface area (Å²) in [6.07, 6.45) is 13.4. The molecular weight excluding hydrogens is 531 g/mol. The van der Waals surface area contributed by atoms with E-state index in [0.717, 1.165) is 37.2 Å². The quantitative estimate of drug-likeness (QED) is 0.206. The normalized spacial score (nSPS) is 18.6. The predicted octanol–water partition coefficient (Wildman–Crippen LogP) is 8.00. The molecule has 0 heterocycles. The van der Waals surface area contributed by atoms with E-state index in [2.05, 4.69) is 69.2 Å². The van der Waals surface area contributed by atoms with Gasteiger partial charge in [-0.3, -0.25) is 0 Å². The molecule has 195 valence electrons. The van der Waals surface area contributed by atoms with Gasteiger partial charge in [-0.25, -0.2) is 0 Å². The minimum Gasteiger partial charge on any atom is -0.496 e. The van der Waals surface area contributed by atoms with Crippen LogP contribution in [0.15, 0.2) is 73.9 Å². The summed E-state index contributed by atoms with van der Waals surface area (Å²) in [6, 6.07) is 9.01. The van der Waals surface area contributed by atoms with Crippen molar-refractivity contribution in [1.29, 1.82) is 0 Å². The summed E-state index contributed by atoms with van der Waals surface area (Å²) in [7, 11) is 3.63. The van der Waals surface area contributed by atoms with Gasteiger partial charge in [-0.15, -0.1) is 26.3 Å². The second-order valence-corrected chi connectivity index (χ2v) is 8.57. The van der Waals surface area contributed by atoms with Crippen LogP contribution in [0.4, 0.5) is 0 Å². The van der Waals surface area contributed by atoms with Crippen molar-refractivity contribution in [3.8, 4) is 11.5 Å². The summed E-state index contributed by atoms with van der Waals surface area (Å²) >= 11 is 0. The molecule has 1 spiro atoms. The third-order valence-corrected chi connectivity index (χ3v) is 7.49. The summed E-state index contributed by atoms with van der Waals surface area (Å²) < 4.78 is 11.8. The van der Waals surface area contributed by atoms with Gasteiger partial charge in [0.25, 0.3) is 0 Å². The molecule has 2 aromatic rings. The molecule has 0 aliphatic heterocycles. The predicted molar refractivity (Wildman–Crippen MR) is 153 cm³/mol. The Bertz CT molecular complexity index is 1110. The van der Waals surface area contributed by atoms with E-state index in [4.69, 9.17) is 9.47 Å². The van der Waals surface area contributed by atoms with Crippen LogP contribution in [0.2, 0.25) is 0 Å². The molecule has 2 aromatic carbocycles. The van der Waals surface area contributed by atoms with Gasteiger partial charge >= 0.3 is 19.5 Å². The second-order valence-electron chi connectivity index (χ2n) is 8.57. The molecule has 1 atom stereocenters. The Balaban J connectivity index is 0.00000146. The first-order chi connectivity index (χ1) is 15.7. The van der Waals surface area contributed by atoms with E-state index in [9.17, 15) is 0 Å². The first-order valence-corrected chi connectivity index (χ1v) is 11.4. The van der Waals surface area contributed by atoms with Crippen molar-refractivity contribution in [3.63, 3.8) is 0 Å². The molecule has 0 fully saturated rings. The van der Waals surface area contributed by atoms with Crippen LogP contribution in [0.25, 0.3) is 0 Å². The fourth-order valence-corrected chi connectivity index (χ4v) is 6.36. The van der Waals surface area contributed by atoms with E-state index < -0.39 is 0 Å². The van der Waals surface area contributed by atoms with E-state index >= 15 is 0 Å². The van der Waals surface area contributed by atoms with Gasteiger partial charge in [0, 0.05) is 29.4 Å². The maximum atomic E-state index is 5.89. The number of ether oxygens (including phenoxy) is 2. The van der Waals surface area contributed by atoms with E-state index in [1.54, 1.807) is 11.1 Å². The fraction of sp³-hybridized carbons (Fsp3) is 0.273. The minimum absolute atomic E-state index is 0. The number of benzene rings is 2. The van der Waals surface area contributed by atoms with Crippen molar-refractivity contribution in [2.45, 2.75) is 43.9 Å². The van der Waals surface area contributed by atoms with Crippen LogP contribution in [0, 0.1) is 28.7 Å². The van der Waals surface area contributed by atoms with Crippen LogP contribution in [0.3, 0.4) is 0 Å². The van der Waals surface area contributed by atoms with E-state index in [1.165, 1.54) is 46.2 Å². The largest absolute Gasteiger partial charge is 3.00 e. The Morgan fingerprint density at radius 1 is 0.694 bits per heavy atom. The molecule has 4 aliphatic rings. The maximum Gasteiger partial charge on any atom is 3.00 e. The number of allylic oxidation sites excluding steroid dienone is 4. The van der Waals surface area contributed by atoms with Gasteiger partial charge in [0.1, 0.15) is 11.5 Å². The van der Waals surface area contributed by atoms with Crippen LogP contribution in [0.5, 0.6) is 11.5 Å². The van der Waals surface area contributed by atoms with Crippen LogP contribution >= 0.6 is 0 Å². The smallest absolute Gasteiger partial charge is 0.496 e. The molecule has 0 saturated heterocycles. The molecule has 1 radical (unpaired) electrons. The van der Waals surface area contributed by atoms with Crippen LogP contribution in [-0.4, -0.2) is 14.2 Å². The van der Waals surface area contributed by atoms with Crippen molar-refractivity contribution >= 4 is 0 Å². The van der Waals surface area contributed by atoms with E-state index in [-0.39, 0.29) is 47.2 Å². The van der Waals surface area contributed by atoms with Gasteiger partial charge in [0.05, 0.1) is 14.2 Å². The number of aryl methyl sites for hydroxylation is 2. The van der Waals surface area contributed by atoms with Crippen LogP contribution < -0.4 is 9.47 Å². The average molecular weight is 574 g/mol. The van der Waals surface area contributed by atoms with Gasteiger partial charge in [0.2, 0.25) is 0 Å².